The van der Waals surface area contributed by atoms with Crippen molar-refractivity contribution in [3.05, 3.63) is 84.2 Å². The summed E-state index contributed by atoms with van der Waals surface area (Å²) in [5.41, 5.74) is 3.15. The first-order valence-corrected chi connectivity index (χ1v) is 10.4. The highest BCUT2D eigenvalue weighted by atomic mass is 16.5. The number of methoxy groups -OCH3 is 1. The Hall–Kier alpha value is -4.66. The highest BCUT2D eigenvalue weighted by Gasteiger charge is 2.16. The van der Waals surface area contributed by atoms with E-state index < -0.39 is 24.5 Å². The van der Waals surface area contributed by atoms with E-state index in [4.69, 9.17) is 9.47 Å². The Morgan fingerprint density at radius 3 is 2.41 bits per heavy atom. The lowest BCUT2D eigenvalue weighted by Crippen LogP contribution is -2.37. The van der Waals surface area contributed by atoms with Crippen molar-refractivity contribution in [1.29, 1.82) is 0 Å². The van der Waals surface area contributed by atoms with Gasteiger partial charge in [-0.1, -0.05) is 18.2 Å². The van der Waals surface area contributed by atoms with E-state index in [1.807, 2.05) is 41.8 Å². The molecule has 0 saturated carbocycles. The van der Waals surface area contributed by atoms with E-state index in [1.165, 1.54) is 7.11 Å². The Labute approximate surface area is 195 Å². The Morgan fingerprint density at radius 2 is 1.71 bits per heavy atom. The number of hydrogen-bond acceptors (Lipinski definition) is 6. The third kappa shape index (κ3) is 5.04. The summed E-state index contributed by atoms with van der Waals surface area (Å²) in [4.78, 5) is 41.0. The number of fused-ring (bicyclic) bond motifs is 1. The van der Waals surface area contributed by atoms with Gasteiger partial charge in [0.05, 0.1) is 23.7 Å². The van der Waals surface area contributed by atoms with Crippen molar-refractivity contribution < 1.29 is 23.9 Å². The third-order valence-electron chi connectivity index (χ3n) is 5.01. The van der Waals surface area contributed by atoms with Gasteiger partial charge >= 0.3 is 12.0 Å². The number of urea groups is 1. The lowest BCUT2D eigenvalue weighted by molar-refractivity contribution is -0.123. The van der Waals surface area contributed by atoms with Gasteiger partial charge in [-0.3, -0.25) is 14.7 Å². The molecule has 0 aliphatic carbocycles. The molecule has 172 valence electrons. The molecule has 0 spiro atoms. The number of rotatable bonds is 6. The third-order valence-corrected chi connectivity index (χ3v) is 5.01. The van der Waals surface area contributed by atoms with Gasteiger partial charge in [-0.2, -0.15) is 0 Å². The number of carbonyl (C=O) groups is 3. The highest BCUT2D eigenvalue weighted by Crippen LogP contribution is 2.22. The first kappa shape index (κ1) is 22.5. The Kier molecular flexibility index (Phi) is 6.54. The number of anilines is 1. The summed E-state index contributed by atoms with van der Waals surface area (Å²) in [5.74, 6) is -0.0488. The van der Waals surface area contributed by atoms with E-state index in [-0.39, 0.29) is 5.56 Å². The normalized spacial score (nSPS) is 10.5. The molecule has 2 N–H and O–H groups in total. The number of nitrogens with one attached hydrogen (secondary N) is 2. The number of carbonyl (C=O) groups excluding carboxylic acids is 3. The zero-order valence-electron chi connectivity index (χ0n) is 18.6. The van der Waals surface area contributed by atoms with Crippen molar-refractivity contribution in [2.24, 2.45) is 0 Å². The molecule has 0 atom stereocenters. The summed E-state index contributed by atoms with van der Waals surface area (Å²) in [7, 11) is 1.53. The average molecular weight is 458 g/mol. The van der Waals surface area contributed by atoms with Gasteiger partial charge in [-0.25, -0.2) is 14.6 Å². The smallest absolute Gasteiger partial charge is 0.338 e. The number of imide groups is 1. The lowest BCUT2D eigenvalue weighted by atomic mass is 10.2. The molecule has 0 aliphatic heterocycles. The number of aryl methyl sites for hydroxylation is 1. The van der Waals surface area contributed by atoms with Crippen LogP contribution in [0.3, 0.4) is 0 Å². The van der Waals surface area contributed by atoms with Crippen LogP contribution in [0.2, 0.25) is 0 Å². The topological polar surface area (TPSA) is 112 Å². The minimum absolute atomic E-state index is 0.251. The maximum atomic E-state index is 12.4. The number of imidazole rings is 1. The Balaban J connectivity index is 1.35. The fraction of sp³-hybridized carbons (Fsp3) is 0.120. The summed E-state index contributed by atoms with van der Waals surface area (Å²) in [6.07, 6.45) is 0. The van der Waals surface area contributed by atoms with Crippen LogP contribution in [0, 0.1) is 6.92 Å². The fourth-order valence-electron chi connectivity index (χ4n) is 3.44. The van der Waals surface area contributed by atoms with Crippen molar-refractivity contribution in [2.75, 3.05) is 19.0 Å². The second kappa shape index (κ2) is 9.86. The van der Waals surface area contributed by atoms with Crippen LogP contribution in [0.15, 0.2) is 72.8 Å². The molecule has 0 unspecified atom stereocenters. The number of nitrogens with zero attached hydrogens (tertiary/aromatic N) is 2. The second-order valence-electron chi connectivity index (χ2n) is 7.34. The average Bonchev–Trinajstić information content (AvgIpc) is 3.18. The van der Waals surface area contributed by atoms with Crippen LogP contribution in [0.1, 0.15) is 16.2 Å². The molecule has 0 fully saturated rings. The maximum Gasteiger partial charge on any atom is 0.338 e. The van der Waals surface area contributed by atoms with Crippen LogP contribution < -0.4 is 15.4 Å². The maximum absolute atomic E-state index is 12.4. The first-order valence-electron chi connectivity index (χ1n) is 10.4. The molecule has 1 aromatic heterocycles. The van der Waals surface area contributed by atoms with E-state index in [9.17, 15) is 14.4 Å². The van der Waals surface area contributed by atoms with E-state index in [0.717, 1.165) is 17.0 Å². The predicted octanol–water partition coefficient (Wildman–Crippen LogP) is 3.85. The molecule has 4 rings (SSSR count). The predicted molar refractivity (Wildman–Crippen MR) is 126 cm³/mol. The molecule has 9 heteroatoms. The zero-order chi connectivity index (χ0) is 24.1. The zero-order valence-corrected chi connectivity index (χ0v) is 18.6. The van der Waals surface area contributed by atoms with Crippen LogP contribution in [0.4, 0.5) is 10.5 Å². The van der Waals surface area contributed by atoms with Crippen LogP contribution in [0.25, 0.3) is 16.7 Å². The van der Waals surface area contributed by atoms with Gasteiger partial charge in [0, 0.05) is 11.4 Å². The number of hydrogen-bond donors (Lipinski definition) is 2. The molecule has 0 saturated heterocycles. The summed E-state index contributed by atoms with van der Waals surface area (Å²) in [6, 6.07) is 20.6. The summed E-state index contributed by atoms with van der Waals surface area (Å²) >= 11 is 0. The van der Waals surface area contributed by atoms with Crippen molar-refractivity contribution >= 4 is 34.6 Å². The molecule has 3 amide bonds. The van der Waals surface area contributed by atoms with Crippen LogP contribution in [0.5, 0.6) is 5.75 Å². The number of benzene rings is 3. The van der Waals surface area contributed by atoms with Crippen molar-refractivity contribution in [2.45, 2.75) is 6.92 Å². The van der Waals surface area contributed by atoms with Gasteiger partial charge in [-0.05, 0) is 61.5 Å². The van der Waals surface area contributed by atoms with Gasteiger partial charge in [0.2, 0.25) is 0 Å². The van der Waals surface area contributed by atoms with Gasteiger partial charge in [0.25, 0.3) is 5.91 Å². The van der Waals surface area contributed by atoms with Crippen molar-refractivity contribution in [3.63, 3.8) is 0 Å². The van der Waals surface area contributed by atoms with Gasteiger partial charge in [-0.15, -0.1) is 0 Å². The summed E-state index contributed by atoms with van der Waals surface area (Å²) in [6.45, 7) is 1.27. The molecule has 9 nitrogen and oxygen atoms in total. The quantitative estimate of drug-likeness (QED) is 0.425. The van der Waals surface area contributed by atoms with Gasteiger partial charge < -0.3 is 14.8 Å². The van der Waals surface area contributed by atoms with E-state index in [0.29, 0.717) is 17.0 Å². The van der Waals surface area contributed by atoms with Crippen LogP contribution >= 0.6 is 0 Å². The standard InChI is InChI=1S/C25H22N4O5/c1-16-26-21-14-17(8-13-22(21)29(16)19-6-4-3-5-7-19)24(31)34-15-23(30)28-25(32)27-18-9-11-20(33-2)12-10-18/h3-14H,15H2,1-2H3,(H2,27,28,30,32). The molecule has 1 heterocycles. The molecule has 0 bridgehead atoms. The molecular formula is C25H22N4O5. The fourth-order valence-corrected chi connectivity index (χ4v) is 3.44. The molecule has 34 heavy (non-hydrogen) atoms. The minimum atomic E-state index is -0.760. The molecule has 3 aromatic carbocycles. The van der Waals surface area contributed by atoms with E-state index in [1.54, 1.807) is 42.5 Å². The number of esters is 1. The van der Waals surface area contributed by atoms with Crippen molar-refractivity contribution in [1.82, 2.24) is 14.9 Å². The monoisotopic (exact) mass is 458 g/mol. The van der Waals surface area contributed by atoms with E-state index in [2.05, 4.69) is 15.6 Å². The molecule has 0 aliphatic rings. The molecule has 0 radical (unpaired) electrons. The highest BCUT2D eigenvalue weighted by molar-refractivity contribution is 6.02. The number of ether oxygens (including phenoxy) is 2. The number of amides is 3. The summed E-state index contributed by atoms with van der Waals surface area (Å²) in [5, 5.41) is 4.62. The number of para-hydroxylation sites is 1. The van der Waals surface area contributed by atoms with Crippen LogP contribution in [-0.2, 0) is 9.53 Å². The Morgan fingerprint density at radius 1 is 0.971 bits per heavy atom. The summed E-state index contributed by atoms with van der Waals surface area (Å²) < 4.78 is 12.1. The van der Waals surface area contributed by atoms with Crippen LogP contribution in [-0.4, -0.2) is 41.2 Å². The minimum Gasteiger partial charge on any atom is -0.497 e. The Bertz CT molecular complexity index is 1350. The van der Waals surface area contributed by atoms with E-state index >= 15 is 0 Å². The van der Waals surface area contributed by atoms with Gasteiger partial charge in [0.1, 0.15) is 11.6 Å². The molecular weight excluding hydrogens is 436 g/mol. The second-order valence-corrected chi connectivity index (χ2v) is 7.34. The largest absolute Gasteiger partial charge is 0.497 e. The lowest BCUT2D eigenvalue weighted by Gasteiger charge is -2.08. The van der Waals surface area contributed by atoms with Crippen molar-refractivity contribution in [3.8, 4) is 11.4 Å². The molecule has 4 aromatic rings. The SMILES string of the molecule is COc1ccc(NC(=O)NC(=O)COC(=O)c2ccc3c(c2)nc(C)n3-c2ccccc2)cc1. The van der Waals surface area contributed by atoms with Gasteiger partial charge in [0.15, 0.2) is 6.61 Å². The first-order chi connectivity index (χ1) is 16.4. The number of aromatic nitrogens is 2.